The van der Waals surface area contributed by atoms with Gasteiger partial charge in [-0.25, -0.2) is 4.99 Å². The molecule has 7 nitrogen and oxygen atoms in total. The Bertz CT molecular complexity index is 574. The Balaban J connectivity index is 2.05. The Hall–Kier alpha value is -2.28. The van der Waals surface area contributed by atoms with Crippen LogP contribution in [0.3, 0.4) is 0 Å². The largest absolute Gasteiger partial charge is 0.463 e. The lowest BCUT2D eigenvalue weighted by Gasteiger charge is -2.12. The number of benzene rings is 1. The normalized spacial score (nSPS) is 14.5. The van der Waals surface area contributed by atoms with E-state index >= 15 is 0 Å². The number of amides is 1. The number of ether oxygens (including phenoxy) is 4. The molecular weight excluding hydrogens is 300 g/mol. The summed E-state index contributed by atoms with van der Waals surface area (Å²) in [6, 6.07) is 5.24. The Labute approximate surface area is 135 Å². The van der Waals surface area contributed by atoms with Gasteiger partial charge in [0.1, 0.15) is 6.61 Å². The molecule has 2 rings (SSSR count). The van der Waals surface area contributed by atoms with E-state index in [0.717, 1.165) is 6.42 Å². The molecule has 1 amide bonds. The molecular formula is C16H22N2O5. The van der Waals surface area contributed by atoms with Crippen molar-refractivity contribution < 1.29 is 23.7 Å². The zero-order chi connectivity index (χ0) is 16.7. The summed E-state index contributed by atoms with van der Waals surface area (Å²) in [5.41, 5.74) is 0.446. The van der Waals surface area contributed by atoms with Gasteiger partial charge in [-0.05, 0) is 31.5 Å². The Morgan fingerprint density at radius 3 is 2.87 bits per heavy atom. The van der Waals surface area contributed by atoms with Gasteiger partial charge in [0, 0.05) is 12.7 Å². The summed E-state index contributed by atoms with van der Waals surface area (Å²) in [5, 5.41) is 2.69. The van der Waals surface area contributed by atoms with Crippen LogP contribution < -0.4 is 14.8 Å². The van der Waals surface area contributed by atoms with Gasteiger partial charge in [0.25, 0.3) is 11.9 Å². The number of hydrogen-bond donors (Lipinski definition) is 1. The summed E-state index contributed by atoms with van der Waals surface area (Å²) >= 11 is 0. The zero-order valence-electron chi connectivity index (χ0n) is 13.6. The fraction of sp³-hybridized carbons (Fsp3) is 0.500. The second-order valence-electron chi connectivity index (χ2n) is 5.05. The van der Waals surface area contributed by atoms with E-state index < -0.39 is 0 Å². The van der Waals surface area contributed by atoms with Crippen molar-refractivity contribution in [1.29, 1.82) is 0 Å². The van der Waals surface area contributed by atoms with Crippen molar-refractivity contribution >= 4 is 11.9 Å². The van der Waals surface area contributed by atoms with Crippen LogP contribution in [0, 0.1) is 0 Å². The van der Waals surface area contributed by atoms with Crippen molar-refractivity contribution in [2.75, 3.05) is 27.1 Å². The lowest BCUT2D eigenvalue weighted by atomic mass is 10.2. The lowest BCUT2D eigenvalue weighted by Crippen LogP contribution is -2.34. The highest BCUT2D eigenvalue weighted by molar-refractivity contribution is 6.04. The van der Waals surface area contributed by atoms with Crippen LogP contribution in [0.2, 0.25) is 0 Å². The van der Waals surface area contributed by atoms with E-state index in [1.807, 2.05) is 13.8 Å². The summed E-state index contributed by atoms with van der Waals surface area (Å²) in [5.74, 6) is 0.868. The lowest BCUT2D eigenvalue weighted by molar-refractivity contribution is 0.0953. The molecule has 0 unspecified atom stereocenters. The number of methoxy groups -OCH3 is 1. The molecule has 1 aromatic carbocycles. The van der Waals surface area contributed by atoms with E-state index in [2.05, 4.69) is 10.3 Å². The van der Waals surface area contributed by atoms with Gasteiger partial charge in [0.05, 0.1) is 12.6 Å². The number of fused-ring (bicyclic) bond motifs is 1. The number of carbonyl (C=O) groups excluding carboxylic acids is 1. The maximum atomic E-state index is 12.4. The maximum absolute atomic E-state index is 12.4. The first-order valence-corrected chi connectivity index (χ1v) is 7.54. The summed E-state index contributed by atoms with van der Waals surface area (Å²) in [6.45, 7) is 4.86. The molecule has 126 valence electrons. The number of carbonyl (C=O) groups is 1. The summed E-state index contributed by atoms with van der Waals surface area (Å²) in [4.78, 5) is 16.7. The Morgan fingerprint density at radius 1 is 1.35 bits per heavy atom. The molecule has 1 aromatic rings. The predicted molar refractivity (Wildman–Crippen MR) is 85.0 cm³/mol. The van der Waals surface area contributed by atoms with Gasteiger partial charge < -0.3 is 18.9 Å². The highest BCUT2D eigenvalue weighted by atomic mass is 16.7. The standard InChI is InChI=1S/C16H22N2O5/c1-4-11(2)17-16(21-8-7-20-3)18-15(19)12-5-6-13-14(9-12)23-10-22-13/h5-6,9,11H,4,7-8,10H2,1-3H3,(H,17,18,19)/t11-/m1/s1. The van der Waals surface area contributed by atoms with Crippen LogP contribution >= 0.6 is 0 Å². The van der Waals surface area contributed by atoms with Crippen LogP contribution in [0.4, 0.5) is 0 Å². The molecule has 0 aromatic heterocycles. The van der Waals surface area contributed by atoms with Gasteiger partial charge in [-0.3, -0.25) is 10.1 Å². The molecule has 1 N–H and O–H groups in total. The topological polar surface area (TPSA) is 78.4 Å². The van der Waals surface area contributed by atoms with Gasteiger partial charge in [-0.2, -0.15) is 0 Å². The van der Waals surface area contributed by atoms with Crippen molar-refractivity contribution in [2.45, 2.75) is 26.3 Å². The average Bonchev–Trinajstić information content (AvgIpc) is 3.02. The van der Waals surface area contributed by atoms with Crippen molar-refractivity contribution in [1.82, 2.24) is 5.32 Å². The molecule has 7 heteroatoms. The second-order valence-corrected chi connectivity index (χ2v) is 5.05. The number of aliphatic imine (C=N–C) groups is 1. The third-order valence-corrected chi connectivity index (χ3v) is 3.31. The molecule has 0 spiro atoms. The smallest absolute Gasteiger partial charge is 0.292 e. The molecule has 1 atom stereocenters. The van der Waals surface area contributed by atoms with Crippen molar-refractivity contribution in [3.05, 3.63) is 23.8 Å². The number of amidine groups is 1. The van der Waals surface area contributed by atoms with E-state index in [1.54, 1.807) is 25.3 Å². The highest BCUT2D eigenvalue weighted by Gasteiger charge is 2.17. The Morgan fingerprint density at radius 2 is 2.13 bits per heavy atom. The minimum absolute atomic E-state index is 0.0459. The third kappa shape index (κ3) is 4.85. The monoisotopic (exact) mass is 322 g/mol. The fourth-order valence-corrected chi connectivity index (χ4v) is 1.83. The van der Waals surface area contributed by atoms with Crippen LogP contribution in [0.25, 0.3) is 0 Å². The van der Waals surface area contributed by atoms with Crippen LogP contribution in [0.15, 0.2) is 23.2 Å². The molecule has 0 saturated heterocycles. The summed E-state index contributed by atoms with van der Waals surface area (Å²) in [6.07, 6.45) is 0.844. The van der Waals surface area contributed by atoms with E-state index in [0.29, 0.717) is 30.3 Å². The van der Waals surface area contributed by atoms with Gasteiger partial charge in [-0.15, -0.1) is 0 Å². The van der Waals surface area contributed by atoms with Crippen LogP contribution in [0.1, 0.15) is 30.6 Å². The highest BCUT2D eigenvalue weighted by Crippen LogP contribution is 2.32. The molecule has 1 heterocycles. The number of nitrogens with zero attached hydrogens (tertiary/aromatic N) is 1. The van der Waals surface area contributed by atoms with Crippen LogP contribution in [-0.2, 0) is 9.47 Å². The fourth-order valence-electron chi connectivity index (χ4n) is 1.83. The first kappa shape index (κ1) is 17.1. The molecule has 0 radical (unpaired) electrons. The van der Waals surface area contributed by atoms with Gasteiger partial charge >= 0.3 is 0 Å². The van der Waals surface area contributed by atoms with Gasteiger partial charge in [-0.1, -0.05) is 6.92 Å². The third-order valence-electron chi connectivity index (χ3n) is 3.31. The zero-order valence-corrected chi connectivity index (χ0v) is 13.6. The quantitative estimate of drug-likeness (QED) is 0.492. The SMILES string of the molecule is CC[C@@H](C)N=C(NC(=O)c1ccc2c(c1)OCO2)OCCOC. The number of hydrogen-bond acceptors (Lipinski definition) is 6. The van der Waals surface area contributed by atoms with E-state index in [1.165, 1.54) is 0 Å². The number of nitrogens with one attached hydrogen (secondary N) is 1. The minimum Gasteiger partial charge on any atom is -0.463 e. The Kier molecular flexibility index (Phi) is 6.22. The minimum atomic E-state index is -0.317. The molecule has 0 aliphatic carbocycles. The molecule has 23 heavy (non-hydrogen) atoms. The van der Waals surface area contributed by atoms with Crippen LogP contribution in [-0.4, -0.2) is 45.1 Å². The van der Waals surface area contributed by atoms with Crippen molar-refractivity contribution in [2.24, 2.45) is 4.99 Å². The molecule has 0 saturated carbocycles. The summed E-state index contributed by atoms with van der Waals surface area (Å²) < 4.78 is 20.9. The van der Waals surface area contributed by atoms with Gasteiger partial charge in [0.15, 0.2) is 11.5 Å². The van der Waals surface area contributed by atoms with Crippen molar-refractivity contribution in [3.8, 4) is 11.5 Å². The first-order valence-electron chi connectivity index (χ1n) is 7.54. The van der Waals surface area contributed by atoms with E-state index in [4.69, 9.17) is 18.9 Å². The van der Waals surface area contributed by atoms with E-state index in [9.17, 15) is 4.79 Å². The average molecular weight is 322 g/mol. The van der Waals surface area contributed by atoms with Crippen LogP contribution in [0.5, 0.6) is 11.5 Å². The molecule has 0 fully saturated rings. The first-order chi connectivity index (χ1) is 11.1. The van der Waals surface area contributed by atoms with Gasteiger partial charge in [0.2, 0.25) is 6.79 Å². The predicted octanol–water partition coefficient (Wildman–Crippen LogP) is 1.96. The molecule has 0 bridgehead atoms. The van der Waals surface area contributed by atoms with Crippen molar-refractivity contribution in [3.63, 3.8) is 0 Å². The second kappa shape index (κ2) is 8.38. The maximum Gasteiger partial charge on any atom is 0.292 e. The number of rotatable bonds is 6. The molecule has 1 aliphatic heterocycles. The summed E-state index contributed by atoms with van der Waals surface area (Å²) in [7, 11) is 1.58. The molecule has 1 aliphatic rings. The van der Waals surface area contributed by atoms with E-state index in [-0.39, 0.29) is 24.8 Å².